The van der Waals surface area contributed by atoms with Crippen molar-refractivity contribution in [2.45, 2.75) is 40.3 Å². The minimum atomic E-state index is -0.114. The molecule has 1 atom stereocenters. The zero-order chi connectivity index (χ0) is 14.6. The maximum absolute atomic E-state index is 12.1. The Morgan fingerprint density at radius 1 is 1.42 bits per heavy atom. The lowest BCUT2D eigenvalue weighted by Gasteiger charge is -2.17. The molecule has 3 N–H and O–H groups in total. The van der Waals surface area contributed by atoms with E-state index in [4.69, 9.17) is 5.73 Å². The Hall–Kier alpha value is -0.880. The third-order valence-corrected chi connectivity index (χ3v) is 3.67. The fraction of sp³-hybridized carbons (Fsp3) is 0.692. The normalized spacial score (nSPS) is 13.1. The number of aromatic nitrogens is 2. The second kappa shape index (κ2) is 7.05. The third-order valence-electron chi connectivity index (χ3n) is 2.91. The topological polar surface area (TPSA) is 72.9 Å². The van der Waals surface area contributed by atoms with Gasteiger partial charge in [0, 0.05) is 19.1 Å². The summed E-state index contributed by atoms with van der Waals surface area (Å²) in [5.41, 5.74) is 6.55. The number of nitrogens with one attached hydrogen (secondary N) is 1. The van der Waals surface area contributed by atoms with Crippen LogP contribution in [-0.4, -0.2) is 22.4 Å². The minimum Gasteiger partial charge on any atom is -0.381 e. The molecule has 1 heterocycles. The molecule has 1 aromatic rings. The summed E-state index contributed by atoms with van der Waals surface area (Å²) in [7, 11) is 0. The molecule has 0 saturated carbocycles. The molecule has 0 bridgehead atoms. The van der Waals surface area contributed by atoms with Crippen molar-refractivity contribution in [2.75, 3.05) is 11.9 Å². The summed E-state index contributed by atoms with van der Waals surface area (Å²) in [4.78, 5) is 12.1. The largest absolute Gasteiger partial charge is 0.381 e. The molecule has 0 saturated heterocycles. The molecule has 0 aromatic carbocycles. The number of hydrogen-bond donors (Lipinski definition) is 2. The molecular formula is C13H23BrN4O. The third kappa shape index (κ3) is 4.62. The van der Waals surface area contributed by atoms with E-state index in [-0.39, 0.29) is 11.6 Å². The van der Waals surface area contributed by atoms with E-state index in [1.54, 1.807) is 6.20 Å². The van der Waals surface area contributed by atoms with E-state index in [0.29, 0.717) is 35.1 Å². The Labute approximate surface area is 122 Å². The highest BCUT2D eigenvalue weighted by atomic mass is 79.9. The number of anilines is 1. The van der Waals surface area contributed by atoms with Gasteiger partial charge >= 0.3 is 0 Å². The van der Waals surface area contributed by atoms with E-state index < -0.39 is 0 Å². The van der Waals surface area contributed by atoms with Crippen LogP contribution in [0, 0.1) is 11.8 Å². The number of rotatable bonds is 6. The van der Waals surface area contributed by atoms with Gasteiger partial charge in [-0.15, -0.1) is 0 Å². The fourth-order valence-corrected chi connectivity index (χ4v) is 1.97. The first kappa shape index (κ1) is 16.2. The van der Waals surface area contributed by atoms with Gasteiger partial charge in [-0.1, -0.05) is 27.7 Å². The lowest BCUT2D eigenvalue weighted by atomic mass is 10.1. The molecule has 108 valence electrons. The Balaban J connectivity index is 2.82. The first-order valence-electron chi connectivity index (χ1n) is 6.58. The zero-order valence-corrected chi connectivity index (χ0v) is 13.6. The molecule has 0 fully saturated rings. The predicted octanol–water partition coefficient (Wildman–Crippen LogP) is 2.06. The van der Waals surface area contributed by atoms with Crippen LogP contribution in [0.1, 0.15) is 27.7 Å². The molecule has 6 heteroatoms. The SMILES string of the molecule is CC(C)Cn1ncc(NCC(N)C(C)C)c(Br)c1=O. The highest BCUT2D eigenvalue weighted by molar-refractivity contribution is 9.10. The van der Waals surface area contributed by atoms with Gasteiger partial charge in [0.25, 0.3) is 5.56 Å². The van der Waals surface area contributed by atoms with E-state index in [9.17, 15) is 4.79 Å². The second-order valence-electron chi connectivity index (χ2n) is 5.54. The van der Waals surface area contributed by atoms with Crippen molar-refractivity contribution < 1.29 is 0 Å². The molecule has 0 radical (unpaired) electrons. The summed E-state index contributed by atoms with van der Waals surface area (Å²) < 4.78 is 1.99. The summed E-state index contributed by atoms with van der Waals surface area (Å²) in [5.74, 6) is 0.769. The molecular weight excluding hydrogens is 308 g/mol. The van der Waals surface area contributed by atoms with Gasteiger partial charge in [0.2, 0.25) is 0 Å². The van der Waals surface area contributed by atoms with Crippen LogP contribution in [0.2, 0.25) is 0 Å². The Kier molecular flexibility index (Phi) is 6.00. The number of nitrogens with two attached hydrogens (primary N) is 1. The summed E-state index contributed by atoms with van der Waals surface area (Å²) >= 11 is 3.33. The number of hydrogen-bond acceptors (Lipinski definition) is 4. The number of halogens is 1. The van der Waals surface area contributed by atoms with Crippen molar-refractivity contribution in [2.24, 2.45) is 17.6 Å². The van der Waals surface area contributed by atoms with Gasteiger partial charge in [-0.3, -0.25) is 4.79 Å². The zero-order valence-electron chi connectivity index (χ0n) is 12.0. The van der Waals surface area contributed by atoms with Gasteiger partial charge in [0.1, 0.15) is 4.47 Å². The van der Waals surface area contributed by atoms with E-state index in [1.165, 1.54) is 4.68 Å². The lowest BCUT2D eigenvalue weighted by molar-refractivity contribution is 0.462. The standard InChI is InChI=1S/C13H23BrN4O/c1-8(2)7-18-13(19)12(14)11(6-17-18)16-5-10(15)9(3)4/h6,8-10,16H,5,7,15H2,1-4H3. The van der Waals surface area contributed by atoms with Gasteiger partial charge in [0.05, 0.1) is 11.9 Å². The Morgan fingerprint density at radius 3 is 2.58 bits per heavy atom. The molecule has 0 aliphatic heterocycles. The van der Waals surface area contributed by atoms with E-state index >= 15 is 0 Å². The van der Waals surface area contributed by atoms with Crippen LogP contribution >= 0.6 is 15.9 Å². The van der Waals surface area contributed by atoms with E-state index in [1.807, 2.05) is 0 Å². The average molecular weight is 331 g/mol. The fourth-order valence-electron chi connectivity index (χ4n) is 1.53. The highest BCUT2D eigenvalue weighted by Gasteiger charge is 2.12. The molecule has 0 aliphatic rings. The van der Waals surface area contributed by atoms with Gasteiger partial charge in [-0.25, -0.2) is 4.68 Å². The maximum atomic E-state index is 12.1. The quantitative estimate of drug-likeness (QED) is 0.837. The van der Waals surface area contributed by atoms with Gasteiger partial charge in [-0.2, -0.15) is 5.10 Å². The van der Waals surface area contributed by atoms with Gasteiger partial charge < -0.3 is 11.1 Å². The van der Waals surface area contributed by atoms with Crippen LogP contribution in [0.4, 0.5) is 5.69 Å². The van der Waals surface area contributed by atoms with Crippen molar-refractivity contribution in [1.29, 1.82) is 0 Å². The average Bonchev–Trinajstić information content (AvgIpc) is 2.33. The van der Waals surface area contributed by atoms with Crippen LogP contribution in [-0.2, 0) is 6.54 Å². The summed E-state index contributed by atoms with van der Waals surface area (Å²) in [6.45, 7) is 9.47. The van der Waals surface area contributed by atoms with Crippen LogP contribution in [0.5, 0.6) is 0 Å². The highest BCUT2D eigenvalue weighted by Crippen LogP contribution is 2.16. The van der Waals surface area contributed by atoms with Crippen molar-refractivity contribution in [1.82, 2.24) is 9.78 Å². The first-order valence-corrected chi connectivity index (χ1v) is 7.37. The van der Waals surface area contributed by atoms with Crippen molar-refractivity contribution in [3.8, 4) is 0 Å². The molecule has 0 aliphatic carbocycles. The second-order valence-corrected chi connectivity index (χ2v) is 6.34. The van der Waals surface area contributed by atoms with Crippen LogP contribution in [0.25, 0.3) is 0 Å². The summed E-state index contributed by atoms with van der Waals surface area (Å²) in [6, 6.07) is 0.0463. The first-order chi connectivity index (χ1) is 8.82. The smallest absolute Gasteiger partial charge is 0.283 e. The Morgan fingerprint density at radius 2 is 2.05 bits per heavy atom. The van der Waals surface area contributed by atoms with Gasteiger partial charge in [0.15, 0.2) is 0 Å². The van der Waals surface area contributed by atoms with Crippen LogP contribution < -0.4 is 16.6 Å². The molecule has 19 heavy (non-hydrogen) atoms. The van der Waals surface area contributed by atoms with Crippen molar-refractivity contribution >= 4 is 21.6 Å². The van der Waals surface area contributed by atoms with Crippen LogP contribution in [0.3, 0.4) is 0 Å². The number of nitrogens with zero attached hydrogens (tertiary/aromatic N) is 2. The van der Waals surface area contributed by atoms with Crippen LogP contribution in [0.15, 0.2) is 15.5 Å². The summed E-state index contributed by atoms with van der Waals surface area (Å²) in [6.07, 6.45) is 1.67. The molecule has 1 unspecified atom stereocenters. The molecule has 5 nitrogen and oxygen atoms in total. The molecule has 1 aromatic heterocycles. The van der Waals surface area contributed by atoms with Crippen molar-refractivity contribution in [3.63, 3.8) is 0 Å². The molecule has 0 spiro atoms. The summed E-state index contributed by atoms with van der Waals surface area (Å²) in [5, 5.41) is 7.34. The maximum Gasteiger partial charge on any atom is 0.283 e. The van der Waals surface area contributed by atoms with Gasteiger partial charge in [-0.05, 0) is 27.8 Å². The van der Waals surface area contributed by atoms with Crippen molar-refractivity contribution in [3.05, 3.63) is 21.0 Å². The Bertz CT molecular complexity index is 470. The molecule has 0 amide bonds. The monoisotopic (exact) mass is 330 g/mol. The predicted molar refractivity (Wildman–Crippen MR) is 82.3 cm³/mol. The van der Waals surface area contributed by atoms with E-state index in [0.717, 1.165) is 0 Å². The minimum absolute atomic E-state index is 0.0463. The van der Waals surface area contributed by atoms with E-state index in [2.05, 4.69) is 54.0 Å². The lowest BCUT2D eigenvalue weighted by Crippen LogP contribution is -2.34. The molecule has 1 rings (SSSR count).